The summed E-state index contributed by atoms with van der Waals surface area (Å²) in [6.07, 6.45) is -0.638. The minimum Gasteiger partial charge on any atom is -0.455 e. The first kappa shape index (κ1) is 24.4. The van der Waals surface area contributed by atoms with Crippen molar-refractivity contribution < 1.29 is 24.0 Å². The maximum atomic E-state index is 13.1. The van der Waals surface area contributed by atoms with E-state index in [1.807, 2.05) is 0 Å². The second-order valence-electron chi connectivity index (χ2n) is 8.92. The molecule has 1 N–H and O–H groups in total. The number of nitrogens with one attached hydrogen (secondary N) is 1. The van der Waals surface area contributed by atoms with Gasteiger partial charge in [-0.2, -0.15) is 0 Å². The molecule has 0 bridgehead atoms. The summed E-state index contributed by atoms with van der Waals surface area (Å²) in [6, 6.07) is 7.09. The largest absolute Gasteiger partial charge is 0.455 e. The van der Waals surface area contributed by atoms with E-state index in [0.29, 0.717) is 12.0 Å². The molecule has 0 fully saturated rings. The van der Waals surface area contributed by atoms with Crippen LogP contribution in [0.4, 0.5) is 4.79 Å². The molecule has 0 radical (unpaired) electrons. The Labute approximate surface area is 172 Å². The van der Waals surface area contributed by atoms with Gasteiger partial charge in [0.15, 0.2) is 0 Å². The molecule has 0 aromatic heterocycles. The van der Waals surface area contributed by atoms with E-state index in [1.165, 1.54) is 0 Å². The molecule has 1 aromatic rings. The van der Waals surface area contributed by atoms with Crippen LogP contribution in [-0.4, -0.2) is 33.7 Å². The number of carbonyl (C=O) groups is 2. The monoisotopic (exact) mass is 408 g/mol. The smallest absolute Gasteiger partial charge is 0.408 e. The van der Waals surface area contributed by atoms with Gasteiger partial charge in [-0.05, 0) is 53.5 Å². The molecule has 0 saturated carbocycles. The summed E-state index contributed by atoms with van der Waals surface area (Å²) >= 11 is 0. The maximum Gasteiger partial charge on any atom is 0.408 e. The summed E-state index contributed by atoms with van der Waals surface area (Å²) in [6.45, 7) is 11.7. The number of nitrogens with zero attached hydrogens (tertiary/aromatic N) is 1. The fraction of sp³-hybridized carbons (Fsp3) is 0.619. The highest BCUT2D eigenvalue weighted by Crippen LogP contribution is 2.36. The van der Waals surface area contributed by atoms with Crippen molar-refractivity contribution in [2.24, 2.45) is 0 Å². The van der Waals surface area contributed by atoms with Crippen molar-refractivity contribution in [2.45, 2.75) is 84.1 Å². The summed E-state index contributed by atoms with van der Waals surface area (Å²) in [5.41, 5.74) is -3.53. The van der Waals surface area contributed by atoms with Crippen molar-refractivity contribution in [1.29, 1.82) is 0 Å². The number of hydrogen-bond donors (Lipinski definition) is 1. The van der Waals surface area contributed by atoms with Crippen molar-refractivity contribution in [3.63, 3.8) is 0 Å². The molecular weight excluding hydrogens is 376 g/mol. The van der Waals surface area contributed by atoms with E-state index >= 15 is 0 Å². The van der Waals surface area contributed by atoms with E-state index in [-0.39, 0.29) is 6.42 Å². The van der Waals surface area contributed by atoms with Gasteiger partial charge >= 0.3 is 17.6 Å². The second-order valence-corrected chi connectivity index (χ2v) is 8.92. The third-order valence-corrected chi connectivity index (χ3v) is 3.98. The first-order valence-electron chi connectivity index (χ1n) is 9.65. The zero-order valence-corrected chi connectivity index (χ0v) is 18.3. The lowest BCUT2D eigenvalue weighted by Gasteiger charge is -2.34. The van der Waals surface area contributed by atoms with Crippen LogP contribution in [0.3, 0.4) is 0 Å². The van der Waals surface area contributed by atoms with Gasteiger partial charge in [0.05, 0.1) is 0 Å². The maximum absolute atomic E-state index is 13.1. The van der Waals surface area contributed by atoms with Crippen molar-refractivity contribution in [1.82, 2.24) is 5.32 Å². The first-order valence-corrected chi connectivity index (χ1v) is 9.65. The molecule has 1 aromatic carbocycles. The highest BCUT2D eigenvalue weighted by molar-refractivity contribution is 5.82. The van der Waals surface area contributed by atoms with Crippen molar-refractivity contribution in [3.05, 3.63) is 46.0 Å². The summed E-state index contributed by atoms with van der Waals surface area (Å²) < 4.78 is 10.7. The van der Waals surface area contributed by atoms with Crippen LogP contribution in [0.2, 0.25) is 0 Å². The minimum atomic E-state index is -2.21. The Morgan fingerprint density at radius 2 is 1.55 bits per heavy atom. The number of hydrogen-bond acceptors (Lipinski definition) is 6. The van der Waals surface area contributed by atoms with Gasteiger partial charge in [-0.15, -0.1) is 0 Å². The Morgan fingerprint density at radius 1 is 1.03 bits per heavy atom. The molecule has 1 rings (SSSR count). The number of rotatable bonds is 7. The van der Waals surface area contributed by atoms with Gasteiger partial charge in [-0.3, -0.25) is 10.1 Å². The molecule has 0 saturated heterocycles. The lowest BCUT2D eigenvalue weighted by Crippen LogP contribution is -2.58. The van der Waals surface area contributed by atoms with Crippen LogP contribution in [-0.2, 0) is 14.3 Å². The fourth-order valence-corrected chi connectivity index (χ4v) is 2.93. The quantitative estimate of drug-likeness (QED) is 0.407. The highest BCUT2D eigenvalue weighted by Gasteiger charge is 2.60. The number of ether oxygens (including phenoxy) is 2. The van der Waals surface area contributed by atoms with Crippen molar-refractivity contribution >= 4 is 12.1 Å². The number of nitro groups is 1. The molecule has 8 nitrogen and oxygen atoms in total. The Bertz CT molecular complexity index is 721. The van der Waals surface area contributed by atoms with Crippen LogP contribution < -0.4 is 5.32 Å². The Hall–Kier alpha value is -2.64. The van der Waals surface area contributed by atoms with E-state index in [4.69, 9.17) is 9.47 Å². The number of amides is 1. The van der Waals surface area contributed by atoms with Gasteiger partial charge < -0.3 is 14.8 Å². The standard InChI is InChI=1S/C21H32N2O6/c1-8-14-21(23(26)27,17(24)28-19(2,3)4)16(15-12-10-9-11-13-15)22-18(25)29-20(5,6)7/h9-13,16H,8,14H2,1-7H3,(H,22,25)/t16-,21-/m1/s1. The van der Waals surface area contributed by atoms with Gasteiger partial charge in [0.2, 0.25) is 0 Å². The molecule has 8 heteroatoms. The Morgan fingerprint density at radius 3 is 1.97 bits per heavy atom. The van der Waals surface area contributed by atoms with Crippen LogP contribution in [0.1, 0.15) is 72.9 Å². The van der Waals surface area contributed by atoms with Gasteiger partial charge in [0.25, 0.3) is 0 Å². The molecule has 0 aliphatic heterocycles. The number of alkyl carbamates (subject to hydrolysis) is 1. The van der Waals surface area contributed by atoms with E-state index in [9.17, 15) is 19.7 Å². The predicted octanol–water partition coefficient (Wildman–Crippen LogP) is 4.41. The molecule has 0 spiro atoms. The average Bonchev–Trinajstić information content (AvgIpc) is 2.55. The normalized spacial score (nSPS) is 15.0. The van der Waals surface area contributed by atoms with E-state index in [1.54, 1.807) is 78.8 Å². The van der Waals surface area contributed by atoms with Crippen molar-refractivity contribution in [2.75, 3.05) is 0 Å². The number of carbonyl (C=O) groups excluding carboxylic acids is 2. The minimum absolute atomic E-state index is 0.121. The van der Waals surface area contributed by atoms with Crippen LogP contribution >= 0.6 is 0 Å². The first-order chi connectivity index (χ1) is 13.2. The molecule has 0 unspecified atom stereocenters. The number of benzene rings is 1. The summed E-state index contributed by atoms with van der Waals surface area (Å²) in [5.74, 6) is -0.998. The molecule has 0 aliphatic rings. The SMILES string of the molecule is CCC[C@](C(=O)OC(C)(C)C)([C@H](NC(=O)OC(C)(C)C)c1ccccc1)[N+](=O)[O-]. The molecule has 1 amide bonds. The Balaban J connectivity index is 3.56. The molecule has 0 aliphatic carbocycles. The molecule has 2 atom stereocenters. The molecule has 29 heavy (non-hydrogen) atoms. The second kappa shape index (κ2) is 9.24. The molecule has 0 heterocycles. The van der Waals surface area contributed by atoms with E-state index < -0.39 is 39.8 Å². The summed E-state index contributed by atoms with van der Waals surface area (Å²) in [7, 11) is 0. The molecular formula is C21H32N2O6. The van der Waals surface area contributed by atoms with Gasteiger partial charge in [0, 0.05) is 11.3 Å². The lowest BCUT2D eigenvalue weighted by molar-refractivity contribution is -0.563. The number of esters is 1. The van der Waals surface area contributed by atoms with Gasteiger partial charge in [-0.25, -0.2) is 9.59 Å². The zero-order chi connectivity index (χ0) is 22.5. The lowest BCUT2D eigenvalue weighted by atomic mass is 9.81. The Kier molecular flexibility index (Phi) is 7.77. The highest BCUT2D eigenvalue weighted by atomic mass is 16.6. The van der Waals surface area contributed by atoms with Crippen LogP contribution in [0.5, 0.6) is 0 Å². The summed E-state index contributed by atoms with van der Waals surface area (Å²) in [5, 5.41) is 14.9. The van der Waals surface area contributed by atoms with E-state index in [2.05, 4.69) is 5.32 Å². The third-order valence-electron chi connectivity index (χ3n) is 3.98. The third kappa shape index (κ3) is 6.73. The predicted molar refractivity (Wildman–Crippen MR) is 109 cm³/mol. The van der Waals surface area contributed by atoms with Crippen LogP contribution in [0.15, 0.2) is 30.3 Å². The average molecular weight is 408 g/mol. The summed E-state index contributed by atoms with van der Waals surface area (Å²) in [4.78, 5) is 37.3. The van der Waals surface area contributed by atoms with Crippen molar-refractivity contribution in [3.8, 4) is 0 Å². The van der Waals surface area contributed by atoms with E-state index in [0.717, 1.165) is 0 Å². The fourth-order valence-electron chi connectivity index (χ4n) is 2.93. The molecule has 162 valence electrons. The van der Waals surface area contributed by atoms with Gasteiger partial charge in [-0.1, -0.05) is 37.3 Å². The zero-order valence-electron chi connectivity index (χ0n) is 18.3. The van der Waals surface area contributed by atoms with Gasteiger partial charge in [0.1, 0.15) is 17.2 Å². The van der Waals surface area contributed by atoms with Crippen LogP contribution in [0.25, 0.3) is 0 Å². The topological polar surface area (TPSA) is 108 Å². The van der Waals surface area contributed by atoms with Crippen LogP contribution in [0, 0.1) is 10.1 Å².